The lowest BCUT2D eigenvalue weighted by Gasteiger charge is -2.38. The predicted octanol–water partition coefficient (Wildman–Crippen LogP) is 2.78. The predicted molar refractivity (Wildman–Crippen MR) is 102 cm³/mol. The van der Waals surface area contributed by atoms with Gasteiger partial charge in [0.2, 0.25) is 0 Å². The molecular formula is C19H29N3OS. The first-order chi connectivity index (χ1) is 11.7. The summed E-state index contributed by atoms with van der Waals surface area (Å²) in [5.74, 6) is 2.26. The topological polar surface area (TPSA) is 44.7 Å². The fraction of sp³-hybridized carbons (Fsp3) is 0.632. The summed E-state index contributed by atoms with van der Waals surface area (Å²) in [4.78, 5) is 7.14. The molecule has 3 rings (SSSR count). The number of hydrogen-bond donors (Lipinski definition) is 1. The fourth-order valence-electron chi connectivity index (χ4n) is 3.71. The van der Waals surface area contributed by atoms with Crippen LogP contribution in [-0.4, -0.2) is 47.0 Å². The second-order valence-corrected chi connectivity index (χ2v) is 8.61. The monoisotopic (exact) mass is 347 g/mol. The highest BCUT2D eigenvalue weighted by molar-refractivity contribution is 7.84. The average Bonchev–Trinajstić information content (AvgIpc) is 3.01. The van der Waals surface area contributed by atoms with Crippen LogP contribution in [0.4, 0.5) is 0 Å². The molecule has 0 radical (unpaired) electrons. The van der Waals surface area contributed by atoms with E-state index >= 15 is 0 Å². The maximum absolute atomic E-state index is 12.2. The van der Waals surface area contributed by atoms with Crippen LogP contribution in [-0.2, 0) is 16.6 Å². The van der Waals surface area contributed by atoms with E-state index in [1.165, 1.54) is 25.7 Å². The third-order valence-corrected chi connectivity index (χ3v) is 6.53. The zero-order chi connectivity index (χ0) is 16.8. The lowest BCUT2D eigenvalue weighted by atomic mass is 9.68. The molecule has 1 heterocycles. The van der Waals surface area contributed by atoms with Crippen LogP contribution < -0.4 is 5.32 Å². The number of benzene rings is 1. The summed E-state index contributed by atoms with van der Waals surface area (Å²) in [5.41, 5.74) is 1.71. The number of guanidine groups is 1. The minimum Gasteiger partial charge on any atom is -0.357 e. The third-order valence-electron chi connectivity index (χ3n) is 5.24. The van der Waals surface area contributed by atoms with Crippen molar-refractivity contribution < 1.29 is 4.21 Å². The fourth-order valence-corrected chi connectivity index (χ4v) is 4.72. The van der Waals surface area contributed by atoms with E-state index in [2.05, 4.69) is 17.1 Å². The van der Waals surface area contributed by atoms with Crippen LogP contribution in [0.25, 0.3) is 0 Å². The molecule has 1 aliphatic heterocycles. The largest absolute Gasteiger partial charge is 0.357 e. The second kappa shape index (κ2) is 8.15. The van der Waals surface area contributed by atoms with Crippen molar-refractivity contribution in [3.8, 4) is 0 Å². The van der Waals surface area contributed by atoms with Gasteiger partial charge in [0.15, 0.2) is 5.96 Å². The Kier molecular flexibility index (Phi) is 5.93. The van der Waals surface area contributed by atoms with Crippen LogP contribution in [0, 0.1) is 5.41 Å². The van der Waals surface area contributed by atoms with E-state index in [1.54, 1.807) is 0 Å². The summed E-state index contributed by atoms with van der Waals surface area (Å²) in [6.07, 6.45) is 5.45. The van der Waals surface area contributed by atoms with Crippen molar-refractivity contribution in [1.82, 2.24) is 10.2 Å². The van der Waals surface area contributed by atoms with Crippen molar-refractivity contribution in [3.05, 3.63) is 35.9 Å². The Morgan fingerprint density at radius 2 is 2.08 bits per heavy atom. The minimum absolute atomic E-state index is 0.576. The number of nitrogens with zero attached hydrogens (tertiary/aromatic N) is 2. The second-order valence-electron chi connectivity index (χ2n) is 7.03. The molecule has 1 aliphatic carbocycles. The van der Waals surface area contributed by atoms with E-state index in [-0.39, 0.29) is 0 Å². The van der Waals surface area contributed by atoms with Gasteiger partial charge in [0.1, 0.15) is 0 Å². The van der Waals surface area contributed by atoms with Gasteiger partial charge in [-0.1, -0.05) is 36.8 Å². The molecule has 1 spiro atoms. The maximum Gasteiger partial charge on any atom is 0.193 e. The SMILES string of the molecule is CCNC(=NCCS(=O)Cc1ccccc1)N1CCC2(CCC2)C1. The van der Waals surface area contributed by atoms with Gasteiger partial charge < -0.3 is 10.2 Å². The highest BCUT2D eigenvalue weighted by Crippen LogP contribution is 2.47. The smallest absolute Gasteiger partial charge is 0.193 e. The van der Waals surface area contributed by atoms with E-state index in [1.807, 2.05) is 30.3 Å². The van der Waals surface area contributed by atoms with Crippen LogP contribution in [0.1, 0.15) is 38.2 Å². The first-order valence-corrected chi connectivity index (χ1v) is 10.6. The van der Waals surface area contributed by atoms with E-state index < -0.39 is 10.8 Å². The van der Waals surface area contributed by atoms with Crippen LogP contribution in [0.5, 0.6) is 0 Å². The minimum atomic E-state index is -0.852. The number of nitrogens with one attached hydrogen (secondary N) is 1. The number of hydrogen-bond acceptors (Lipinski definition) is 2. The lowest BCUT2D eigenvalue weighted by Crippen LogP contribution is -2.42. The van der Waals surface area contributed by atoms with Crippen molar-refractivity contribution in [1.29, 1.82) is 0 Å². The summed E-state index contributed by atoms with van der Waals surface area (Å²) in [7, 11) is -0.852. The highest BCUT2D eigenvalue weighted by atomic mass is 32.2. The molecule has 1 aromatic rings. The van der Waals surface area contributed by atoms with Gasteiger partial charge in [0.05, 0.1) is 6.54 Å². The Bertz CT molecular complexity index is 584. The molecular weight excluding hydrogens is 318 g/mol. The molecule has 2 fully saturated rings. The Hall–Kier alpha value is -1.36. The van der Waals surface area contributed by atoms with Gasteiger partial charge in [-0.15, -0.1) is 0 Å². The molecule has 1 saturated heterocycles. The molecule has 0 amide bonds. The third kappa shape index (κ3) is 4.38. The van der Waals surface area contributed by atoms with Gasteiger partial charge in [0.25, 0.3) is 0 Å². The molecule has 1 saturated carbocycles. The van der Waals surface area contributed by atoms with Gasteiger partial charge in [-0.3, -0.25) is 9.20 Å². The summed E-state index contributed by atoms with van der Waals surface area (Å²) in [6, 6.07) is 10.1. The zero-order valence-corrected chi connectivity index (χ0v) is 15.5. The normalized spacial score (nSPS) is 20.9. The summed E-state index contributed by atoms with van der Waals surface area (Å²) < 4.78 is 12.2. The Balaban J connectivity index is 1.49. The van der Waals surface area contributed by atoms with E-state index in [4.69, 9.17) is 4.99 Å². The molecule has 4 nitrogen and oxygen atoms in total. The van der Waals surface area contributed by atoms with Gasteiger partial charge in [-0.05, 0) is 37.2 Å². The van der Waals surface area contributed by atoms with Crippen molar-refractivity contribution in [3.63, 3.8) is 0 Å². The van der Waals surface area contributed by atoms with Crippen molar-refractivity contribution in [2.75, 3.05) is 31.9 Å². The highest BCUT2D eigenvalue weighted by Gasteiger charge is 2.43. The molecule has 24 heavy (non-hydrogen) atoms. The summed E-state index contributed by atoms with van der Waals surface area (Å²) in [6.45, 7) is 5.88. The van der Waals surface area contributed by atoms with Gasteiger partial charge in [-0.25, -0.2) is 0 Å². The lowest BCUT2D eigenvalue weighted by molar-refractivity contribution is 0.151. The van der Waals surface area contributed by atoms with Crippen LogP contribution in [0.2, 0.25) is 0 Å². The molecule has 5 heteroatoms. The van der Waals surface area contributed by atoms with Crippen molar-refractivity contribution in [2.24, 2.45) is 10.4 Å². The molecule has 1 N–H and O–H groups in total. The Labute approximate surface area is 148 Å². The molecule has 1 atom stereocenters. The first kappa shape index (κ1) is 17.5. The maximum atomic E-state index is 12.2. The van der Waals surface area contributed by atoms with Crippen molar-refractivity contribution >= 4 is 16.8 Å². The average molecular weight is 348 g/mol. The standard InChI is InChI=1S/C19H29N3OS/c1-2-20-18(22-13-11-19(16-22)9-6-10-19)21-12-14-24(23)15-17-7-4-3-5-8-17/h3-5,7-8H,2,6,9-16H2,1H3,(H,20,21). The number of likely N-dealkylation sites (tertiary alicyclic amines) is 1. The van der Waals surface area contributed by atoms with Crippen LogP contribution >= 0.6 is 0 Å². The molecule has 0 bridgehead atoms. The Morgan fingerprint density at radius 1 is 1.29 bits per heavy atom. The molecule has 1 unspecified atom stereocenters. The van der Waals surface area contributed by atoms with Crippen LogP contribution in [0.3, 0.4) is 0 Å². The molecule has 132 valence electrons. The van der Waals surface area contributed by atoms with Gasteiger partial charge in [0, 0.05) is 41.9 Å². The van der Waals surface area contributed by atoms with Crippen molar-refractivity contribution in [2.45, 2.75) is 38.4 Å². The van der Waals surface area contributed by atoms with E-state index in [0.29, 0.717) is 23.5 Å². The summed E-state index contributed by atoms with van der Waals surface area (Å²) >= 11 is 0. The van der Waals surface area contributed by atoms with E-state index in [0.717, 1.165) is 31.2 Å². The zero-order valence-electron chi connectivity index (χ0n) is 14.7. The molecule has 1 aromatic carbocycles. The summed E-state index contributed by atoms with van der Waals surface area (Å²) in [5, 5.41) is 3.41. The first-order valence-electron chi connectivity index (χ1n) is 9.13. The molecule has 0 aromatic heterocycles. The molecule has 2 aliphatic rings. The number of rotatable bonds is 6. The van der Waals surface area contributed by atoms with Gasteiger partial charge in [-0.2, -0.15) is 0 Å². The van der Waals surface area contributed by atoms with E-state index in [9.17, 15) is 4.21 Å². The van der Waals surface area contributed by atoms with Gasteiger partial charge >= 0.3 is 0 Å². The van der Waals surface area contributed by atoms with Crippen LogP contribution in [0.15, 0.2) is 35.3 Å². The Morgan fingerprint density at radius 3 is 2.71 bits per heavy atom. The number of aliphatic imine (C=N–C) groups is 1. The quantitative estimate of drug-likeness (QED) is 0.636.